The van der Waals surface area contributed by atoms with Gasteiger partial charge in [-0.2, -0.15) is 10.2 Å². The van der Waals surface area contributed by atoms with Gasteiger partial charge in [-0.15, -0.1) is 0 Å². The van der Waals surface area contributed by atoms with E-state index in [2.05, 4.69) is 15.2 Å². The molecule has 1 amide bonds. The van der Waals surface area contributed by atoms with Gasteiger partial charge in [0, 0.05) is 62.0 Å². The highest BCUT2D eigenvalue weighted by molar-refractivity contribution is 5.98. The van der Waals surface area contributed by atoms with Crippen molar-refractivity contribution in [2.75, 3.05) is 13.2 Å². The summed E-state index contributed by atoms with van der Waals surface area (Å²) >= 11 is 0. The molecule has 8 heterocycles. The number of aryl methyl sites for hydroxylation is 1. The first-order chi connectivity index (χ1) is 31.7. The van der Waals surface area contributed by atoms with Crippen LogP contribution in [0.25, 0.3) is 33.6 Å². The van der Waals surface area contributed by atoms with Crippen molar-refractivity contribution in [2.24, 2.45) is 7.05 Å². The minimum absolute atomic E-state index is 0.0257. The van der Waals surface area contributed by atoms with Crippen molar-refractivity contribution >= 4 is 22.3 Å². The van der Waals surface area contributed by atoms with E-state index < -0.39 is 40.1 Å². The van der Waals surface area contributed by atoms with Crippen molar-refractivity contribution < 1.29 is 27.2 Å². The van der Waals surface area contributed by atoms with Gasteiger partial charge in [0.25, 0.3) is 5.91 Å². The summed E-state index contributed by atoms with van der Waals surface area (Å²) in [5.41, 5.74) is 2.86. The predicted molar refractivity (Wildman–Crippen MR) is 234 cm³/mol. The lowest BCUT2D eigenvalue weighted by atomic mass is 9.83. The van der Waals surface area contributed by atoms with E-state index in [9.17, 15) is 9.59 Å². The molecule has 338 valence electrons. The summed E-state index contributed by atoms with van der Waals surface area (Å²) in [6.07, 6.45) is 10.2. The zero-order chi connectivity index (χ0) is 45.6. The third-order valence-corrected chi connectivity index (χ3v) is 14.4. The summed E-state index contributed by atoms with van der Waals surface area (Å²) in [6, 6.07) is 10.9. The molecule has 4 aliphatic rings. The van der Waals surface area contributed by atoms with Crippen molar-refractivity contribution in [1.82, 2.24) is 48.1 Å². The Morgan fingerprint density at radius 3 is 2.47 bits per heavy atom. The molecule has 1 saturated heterocycles. The van der Waals surface area contributed by atoms with Crippen LogP contribution in [0.2, 0.25) is 0 Å². The highest BCUT2D eigenvalue weighted by atomic mass is 19.1. The number of benzene rings is 2. The van der Waals surface area contributed by atoms with Gasteiger partial charge in [-0.1, -0.05) is 5.16 Å². The number of aromatic amines is 1. The molecule has 15 nitrogen and oxygen atoms in total. The van der Waals surface area contributed by atoms with Crippen LogP contribution in [0, 0.1) is 17.5 Å². The number of nitrogens with zero attached hydrogens (tertiary/aromatic N) is 9. The van der Waals surface area contributed by atoms with Crippen LogP contribution in [-0.4, -0.2) is 72.8 Å². The molecule has 2 aliphatic heterocycles. The summed E-state index contributed by atoms with van der Waals surface area (Å²) in [6.45, 7) is 6.59. The van der Waals surface area contributed by atoms with Gasteiger partial charge in [-0.3, -0.25) is 28.1 Å². The molecule has 0 radical (unpaired) electrons. The second-order valence-electron chi connectivity index (χ2n) is 19.0. The predicted octanol–water partition coefficient (Wildman–Crippen LogP) is 7.44. The Bertz CT molecular complexity index is 3450. The zero-order valence-corrected chi connectivity index (χ0v) is 36.6. The van der Waals surface area contributed by atoms with Gasteiger partial charge in [-0.25, -0.2) is 27.4 Å². The summed E-state index contributed by atoms with van der Waals surface area (Å²) in [5, 5.41) is 13.6. The third kappa shape index (κ3) is 6.13. The summed E-state index contributed by atoms with van der Waals surface area (Å²) in [7, 11) is 1.71. The van der Waals surface area contributed by atoms with Crippen LogP contribution in [0.4, 0.5) is 13.2 Å². The average molecular weight is 899 g/mol. The van der Waals surface area contributed by atoms with Crippen molar-refractivity contribution in [3.63, 3.8) is 0 Å². The van der Waals surface area contributed by atoms with E-state index >= 15 is 18.0 Å². The fraction of sp³-hybridized carbons (Fsp3) is 0.375. The molecule has 66 heavy (non-hydrogen) atoms. The lowest BCUT2D eigenvalue weighted by Gasteiger charge is -2.36. The number of H-pyrrole nitrogens is 1. The van der Waals surface area contributed by atoms with Gasteiger partial charge in [0.2, 0.25) is 0 Å². The number of pyridine rings is 1. The highest BCUT2D eigenvalue weighted by Crippen LogP contribution is 2.54. The first kappa shape index (κ1) is 40.6. The molecule has 2 saturated carbocycles. The number of ether oxygens (including phenoxy) is 1. The fourth-order valence-corrected chi connectivity index (χ4v) is 10.8. The van der Waals surface area contributed by atoms with Gasteiger partial charge >= 0.3 is 11.4 Å². The van der Waals surface area contributed by atoms with E-state index in [0.717, 1.165) is 12.8 Å². The maximum absolute atomic E-state index is 16.5. The second-order valence-corrected chi connectivity index (χ2v) is 19.0. The monoisotopic (exact) mass is 898 g/mol. The largest absolute Gasteiger partial charge is 0.438 e. The number of hydrogen-bond acceptors (Lipinski definition) is 8. The molecule has 2 aliphatic carbocycles. The first-order valence-corrected chi connectivity index (χ1v) is 22.4. The van der Waals surface area contributed by atoms with Crippen LogP contribution in [0.15, 0.2) is 81.4 Å². The Morgan fingerprint density at radius 1 is 0.939 bits per heavy atom. The molecule has 6 aromatic heterocycles. The number of rotatable bonds is 8. The van der Waals surface area contributed by atoms with Gasteiger partial charge in [0.1, 0.15) is 17.5 Å². The van der Waals surface area contributed by atoms with Gasteiger partial charge in [0.05, 0.1) is 56.8 Å². The van der Waals surface area contributed by atoms with Gasteiger partial charge < -0.3 is 14.0 Å². The Balaban J connectivity index is 1.00. The number of halogens is 3. The molecule has 0 bridgehead atoms. The molecule has 0 spiro atoms. The molecule has 3 fully saturated rings. The number of amides is 1. The van der Waals surface area contributed by atoms with E-state index in [-0.39, 0.29) is 47.0 Å². The number of carbonyl (C=O) groups excluding carboxylic acids is 1. The molecular formula is C48H45F3N10O5. The van der Waals surface area contributed by atoms with E-state index in [1.807, 2.05) is 26.8 Å². The maximum atomic E-state index is 16.5. The third-order valence-electron chi connectivity index (χ3n) is 14.4. The van der Waals surface area contributed by atoms with Crippen LogP contribution in [0.5, 0.6) is 0 Å². The Hall–Kier alpha value is -6.95. The van der Waals surface area contributed by atoms with Crippen LogP contribution in [0.1, 0.15) is 121 Å². The molecule has 0 unspecified atom stereocenters. The van der Waals surface area contributed by atoms with Crippen LogP contribution in [0.3, 0.4) is 0 Å². The molecule has 1 N–H and O–H groups in total. The lowest BCUT2D eigenvalue weighted by Crippen LogP contribution is -2.40. The van der Waals surface area contributed by atoms with Crippen LogP contribution in [-0.2, 0) is 23.6 Å². The van der Waals surface area contributed by atoms with E-state index in [0.29, 0.717) is 94.9 Å². The second kappa shape index (κ2) is 14.3. The molecule has 12 rings (SSSR count). The standard InChI is InChI=1S/C48H45F3N10O5/c1-25-39-36(54-61(28-7-8-34(49)30(19-28)26-5-6-26)42(39)59-17-16-58(46(59)64)38-10-9-37-33(40(38)51)23-52-56(37)4)11-15-57(25)43(62)32-21-29-20-31(27-12-18-65-47(2,3)22-27)35(50)24-60(29)41(32)48(13-14-48)44-53-45(63)66-55-44/h7-10,16-17,19-21,23-27H,5-6,11-15,18,22H2,1-4H3,(H,53,55,63)/t25-,27-/m0/s1. The number of aromatic nitrogens is 9. The van der Waals surface area contributed by atoms with E-state index in [4.69, 9.17) is 14.4 Å². The molecule has 8 aromatic rings. The van der Waals surface area contributed by atoms with Crippen LogP contribution < -0.4 is 11.4 Å². The van der Waals surface area contributed by atoms with Crippen molar-refractivity contribution in [1.29, 1.82) is 0 Å². The summed E-state index contributed by atoms with van der Waals surface area (Å²) in [5.74, 6) is -1.91. The summed E-state index contributed by atoms with van der Waals surface area (Å²) < 4.78 is 66.3. The van der Waals surface area contributed by atoms with Crippen LogP contribution >= 0.6 is 0 Å². The molecule has 2 aromatic carbocycles. The number of imidazole rings is 1. The Kier molecular flexibility index (Phi) is 8.77. The Labute approximate surface area is 374 Å². The smallest absolute Gasteiger partial charge is 0.376 e. The minimum Gasteiger partial charge on any atom is -0.376 e. The first-order valence-electron chi connectivity index (χ1n) is 22.4. The highest BCUT2D eigenvalue weighted by Gasteiger charge is 2.54. The normalized spacial score (nSPS) is 20.1. The van der Waals surface area contributed by atoms with Crippen molar-refractivity contribution in [3.05, 3.63) is 145 Å². The van der Waals surface area contributed by atoms with E-state index in [1.54, 1.807) is 56.2 Å². The topological polar surface area (TPSA) is 155 Å². The summed E-state index contributed by atoms with van der Waals surface area (Å²) in [4.78, 5) is 46.9. The zero-order valence-electron chi connectivity index (χ0n) is 36.6. The molecule has 18 heteroatoms. The van der Waals surface area contributed by atoms with Gasteiger partial charge in [0.15, 0.2) is 11.6 Å². The molecule has 2 atom stereocenters. The fourth-order valence-electron chi connectivity index (χ4n) is 10.8. The van der Waals surface area contributed by atoms with Crippen molar-refractivity contribution in [2.45, 2.75) is 94.6 Å². The number of nitrogens with one attached hydrogen (secondary N) is 1. The maximum Gasteiger partial charge on any atom is 0.438 e. The van der Waals surface area contributed by atoms with Gasteiger partial charge in [-0.05, 0) is 125 Å². The number of fused-ring (bicyclic) bond motifs is 3. The Morgan fingerprint density at radius 2 is 1.73 bits per heavy atom. The number of hydrogen-bond donors (Lipinski definition) is 1. The minimum atomic E-state index is -0.940. The van der Waals surface area contributed by atoms with Crippen molar-refractivity contribution in [3.8, 4) is 17.2 Å². The quantitative estimate of drug-likeness (QED) is 0.165. The van der Waals surface area contributed by atoms with E-state index in [1.165, 1.54) is 39.9 Å². The lowest BCUT2D eigenvalue weighted by molar-refractivity contribution is -0.0596. The average Bonchev–Trinajstić information content (AvgIpc) is 4.04. The molecular weight excluding hydrogens is 854 g/mol. The number of carbonyl (C=O) groups is 1. The SMILES string of the molecule is C[C@H]1c2c(nn(-c3ccc(F)c(C4CC4)c3)c2-n2ccn(-c3ccc4c(cnn4C)c3F)c2=O)CCN1C(=O)c1cc2cc([C@H]3CCOC(C)(C)C3)c(F)cn2c1C1(c2noc(=O)[nH]2)CC1.